The summed E-state index contributed by atoms with van der Waals surface area (Å²) in [6.07, 6.45) is -0.692. The number of amides is 1. The zero-order chi connectivity index (χ0) is 18.2. The first-order valence-electron chi connectivity index (χ1n) is 8.15. The van der Waals surface area contributed by atoms with Gasteiger partial charge in [0.25, 0.3) is 0 Å². The molecule has 0 saturated heterocycles. The summed E-state index contributed by atoms with van der Waals surface area (Å²) in [7, 11) is 0. The van der Waals surface area contributed by atoms with Crippen molar-refractivity contribution < 1.29 is 19.4 Å². The Kier molecular flexibility index (Phi) is 6.39. The molecule has 2 aromatic carbocycles. The van der Waals surface area contributed by atoms with Gasteiger partial charge in [-0.1, -0.05) is 30.3 Å². The van der Waals surface area contributed by atoms with E-state index in [4.69, 9.17) is 4.74 Å². The molecule has 6 nitrogen and oxygen atoms in total. The summed E-state index contributed by atoms with van der Waals surface area (Å²) in [6.45, 7) is 5.69. The van der Waals surface area contributed by atoms with Crippen molar-refractivity contribution in [1.82, 2.24) is 0 Å². The maximum Gasteiger partial charge on any atom is 0.411 e. The van der Waals surface area contributed by atoms with Crippen LogP contribution in [0.2, 0.25) is 0 Å². The van der Waals surface area contributed by atoms with Crippen LogP contribution >= 0.6 is 0 Å². The fourth-order valence-corrected chi connectivity index (χ4v) is 2.48. The van der Waals surface area contributed by atoms with E-state index in [2.05, 4.69) is 10.2 Å². The van der Waals surface area contributed by atoms with Crippen molar-refractivity contribution in [1.29, 1.82) is 0 Å². The third-order valence-electron chi connectivity index (χ3n) is 3.81. The number of anilines is 2. The van der Waals surface area contributed by atoms with E-state index in [1.54, 1.807) is 12.1 Å². The van der Waals surface area contributed by atoms with Crippen molar-refractivity contribution in [3.63, 3.8) is 0 Å². The summed E-state index contributed by atoms with van der Waals surface area (Å²) in [4.78, 5) is 25.5. The van der Waals surface area contributed by atoms with Crippen LogP contribution in [0.5, 0.6) is 0 Å². The second kappa shape index (κ2) is 8.73. The van der Waals surface area contributed by atoms with Gasteiger partial charge in [-0.25, -0.2) is 9.59 Å². The van der Waals surface area contributed by atoms with Gasteiger partial charge in [0.2, 0.25) is 0 Å². The van der Waals surface area contributed by atoms with E-state index in [1.165, 1.54) is 6.07 Å². The minimum absolute atomic E-state index is 0.0209. The Morgan fingerprint density at radius 1 is 1.08 bits per heavy atom. The molecular weight excluding hydrogens is 320 g/mol. The third-order valence-corrected chi connectivity index (χ3v) is 3.81. The molecule has 0 heterocycles. The highest BCUT2D eigenvalue weighted by molar-refractivity contribution is 5.99. The molecule has 0 saturated carbocycles. The van der Waals surface area contributed by atoms with Crippen molar-refractivity contribution in [2.45, 2.75) is 20.5 Å². The van der Waals surface area contributed by atoms with E-state index in [0.717, 1.165) is 24.3 Å². The van der Waals surface area contributed by atoms with E-state index < -0.39 is 12.1 Å². The smallest absolute Gasteiger partial charge is 0.411 e. The molecule has 0 spiro atoms. The van der Waals surface area contributed by atoms with Gasteiger partial charge in [0.05, 0.1) is 11.3 Å². The Morgan fingerprint density at radius 2 is 1.76 bits per heavy atom. The summed E-state index contributed by atoms with van der Waals surface area (Å²) in [5.74, 6) is -1.11. The zero-order valence-corrected chi connectivity index (χ0v) is 14.4. The highest BCUT2D eigenvalue weighted by Crippen LogP contribution is 2.24. The number of carboxylic acid groups (broad SMARTS) is 1. The average Bonchev–Trinajstić information content (AvgIpc) is 2.62. The largest absolute Gasteiger partial charge is 0.478 e. The number of nitrogens with zero attached hydrogens (tertiary/aromatic N) is 1. The van der Waals surface area contributed by atoms with Crippen molar-refractivity contribution in [3.05, 3.63) is 59.7 Å². The molecule has 0 fully saturated rings. The topological polar surface area (TPSA) is 78.9 Å². The molecule has 25 heavy (non-hydrogen) atoms. The highest BCUT2D eigenvalue weighted by Gasteiger charge is 2.15. The van der Waals surface area contributed by atoms with Crippen molar-refractivity contribution >= 4 is 23.4 Å². The molecule has 132 valence electrons. The first kappa shape index (κ1) is 18.3. The maximum absolute atomic E-state index is 12.0. The van der Waals surface area contributed by atoms with E-state index in [0.29, 0.717) is 0 Å². The number of aromatic carboxylic acids is 1. The molecule has 0 bridgehead atoms. The van der Waals surface area contributed by atoms with Gasteiger partial charge in [-0.2, -0.15) is 0 Å². The number of carbonyl (C=O) groups is 2. The Bertz CT molecular complexity index is 727. The van der Waals surface area contributed by atoms with Gasteiger partial charge in [0.1, 0.15) is 6.61 Å². The highest BCUT2D eigenvalue weighted by atomic mass is 16.5. The standard InChI is InChI=1S/C19H22N2O4/c1-3-21(4-2)15-10-11-16(18(22)23)17(12-15)20-19(24)25-13-14-8-6-5-7-9-14/h5-12H,3-4,13H2,1-2H3,(H,20,24)(H,22,23). The molecule has 1 amide bonds. The van der Waals surface area contributed by atoms with Gasteiger partial charge in [-0.05, 0) is 37.6 Å². The normalized spacial score (nSPS) is 10.2. The SMILES string of the molecule is CCN(CC)c1ccc(C(=O)O)c(NC(=O)OCc2ccccc2)c1. The summed E-state index contributed by atoms with van der Waals surface area (Å²) in [6, 6.07) is 14.1. The molecule has 0 aliphatic rings. The molecule has 0 aliphatic carbocycles. The summed E-state index contributed by atoms with van der Waals surface area (Å²) >= 11 is 0. The molecule has 2 aromatic rings. The number of rotatable bonds is 7. The second-order valence-electron chi connectivity index (χ2n) is 5.39. The first-order valence-corrected chi connectivity index (χ1v) is 8.15. The van der Waals surface area contributed by atoms with Crippen LogP contribution in [-0.2, 0) is 11.3 Å². The van der Waals surface area contributed by atoms with Crippen LogP contribution in [0.25, 0.3) is 0 Å². The average molecular weight is 342 g/mol. The number of carbonyl (C=O) groups excluding carboxylic acids is 1. The van der Waals surface area contributed by atoms with Crippen LogP contribution in [0, 0.1) is 0 Å². The lowest BCUT2D eigenvalue weighted by molar-refractivity contribution is 0.0698. The lowest BCUT2D eigenvalue weighted by Crippen LogP contribution is -2.23. The minimum atomic E-state index is -1.11. The quantitative estimate of drug-likeness (QED) is 0.796. The number of benzene rings is 2. The van der Waals surface area contributed by atoms with E-state index >= 15 is 0 Å². The molecular formula is C19H22N2O4. The Balaban J connectivity index is 2.13. The van der Waals surface area contributed by atoms with Crippen LogP contribution < -0.4 is 10.2 Å². The number of carboxylic acids is 1. The number of nitrogens with one attached hydrogen (secondary N) is 1. The Hall–Kier alpha value is -3.02. The fraction of sp³-hybridized carbons (Fsp3) is 0.263. The Morgan fingerprint density at radius 3 is 2.36 bits per heavy atom. The molecule has 2 N–H and O–H groups in total. The number of ether oxygens (including phenoxy) is 1. The number of hydrogen-bond acceptors (Lipinski definition) is 4. The Labute approximate surface area is 147 Å². The summed E-state index contributed by atoms with van der Waals surface area (Å²) < 4.78 is 5.16. The van der Waals surface area contributed by atoms with Crippen LogP contribution in [0.15, 0.2) is 48.5 Å². The fourth-order valence-electron chi connectivity index (χ4n) is 2.48. The van der Waals surface area contributed by atoms with Gasteiger partial charge in [0, 0.05) is 18.8 Å². The van der Waals surface area contributed by atoms with Gasteiger partial charge in [0.15, 0.2) is 0 Å². The van der Waals surface area contributed by atoms with Gasteiger partial charge in [-0.15, -0.1) is 0 Å². The van der Waals surface area contributed by atoms with E-state index in [1.807, 2.05) is 44.2 Å². The van der Waals surface area contributed by atoms with Crippen molar-refractivity contribution in [2.24, 2.45) is 0 Å². The lowest BCUT2D eigenvalue weighted by Gasteiger charge is -2.22. The van der Waals surface area contributed by atoms with Crippen molar-refractivity contribution in [2.75, 3.05) is 23.3 Å². The predicted molar refractivity (Wildman–Crippen MR) is 97.2 cm³/mol. The van der Waals surface area contributed by atoms with Gasteiger partial charge in [-0.3, -0.25) is 5.32 Å². The molecule has 0 unspecified atom stereocenters. The maximum atomic E-state index is 12.0. The summed E-state index contributed by atoms with van der Waals surface area (Å²) in [5, 5.41) is 11.9. The molecule has 0 aromatic heterocycles. The molecule has 6 heteroatoms. The van der Waals surface area contributed by atoms with Crippen LogP contribution in [-0.4, -0.2) is 30.3 Å². The predicted octanol–water partition coefficient (Wildman–Crippen LogP) is 3.98. The summed E-state index contributed by atoms with van der Waals surface area (Å²) in [5.41, 5.74) is 1.93. The van der Waals surface area contributed by atoms with Gasteiger partial charge < -0.3 is 14.7 Å². The van der Waals surface area contributed by atoms with Crippen LogP contribution in [0.4, 0.5) is 16.2 Å². The molecule has 0 aliphatic heterocycles. The van der Waals surface area contributed by atoms with E-state index in [9.17, 15) is 14.7 Å². The van der Waals surface area contributed by atoms with Crippen molar-refractivity contribution in [3.8, 4) is 0 Å². The zero-order valence-electron chi connectivity index (χ0n) is 14.4. The molecule has 0 radical (unpaired) electrons. The number of hydrogen-bond donors (Lipinski definition) is 2. The minimum Gasteiger partial charge on any atom is -0.478 e. The van der Waals surface area contributed by atoms with E-state index in [-0.39, 0.29) is 17.9 Å². The van der Waals surface area contributed by atoms with Crippen LogP contribution in [0.3, 0.4) is 0 Å². The van der Waals surface area contributed by atoms with Gasteiger partial charge >= 0.3 is 12.1 Å². The molecule has 2 rings (SSSR count). The third kappa shape index (κ3) is 4.97. The second-order valence-corrected chi connectivity index (χ2v) is 5.39. The lowest BCUT2D eigenvalue weighted by atomic mass is 10.1. The monoisotopic (exact) mass is 342 g/mol. The first-order chi connectivity index (χ1) is 12.0. The molecule has 0 atom stereocenters. The van der Waals surface area contributed by atoms with Crippen LogP contribution in [0.1, 0.15) is 29.8 Å².